The highest BCUT2D eigenvalue weighted by Gasteiger charge is 2.22. The van der Waals surface area contributed by atoms with E-state index in [-0.39, 0.29) is 6.10 Å². The van der Waals surface area contributed by atoms with E-state index in [0.29, 0.717) is 12.6 Å². The summed E-state index contributed by atoms with van der Waals surface area (Å²) in [6.07, 6.45) is 3.18. The van der Waals surface area contributed by atoms with Crippen LogP contribution >= 0.6 is 0 Å². The predicted molar refractivity (Wildman–Crippen MR) is 81.0 cm³/mol. The van der Waals surface area contributed by atoms with Crippen molar-refractivity contribution in [2.45, 2.75) is 57.5 Å². The number of hydrogen-bond donors (Lipinski definition) is 1. The molecule has 1 aliphatic rings. The molecule has 114 valence electrons. The van der Waals surface area contributed by atoms with Crippen LogP contribution in [0.5, 0.6) is 0 Å². The van der Waals surface area contributed by atoms with Gasteiger partial charge in [0.05, 0.1) is 12.7 Å². The molecule has 1 aliphatic heterocycles. The van der Waals surface area contributed by atoms with Crippen LogP contribution in [0.15, 0.2) is 0 Å². The lowest BCUT2D eigenvalue weighted by atomic mass is 10.2. The Balaban J connectivity index is 2.03. The lowest BCUT2D eigenvalue weighted by Crippen LogP contribution is -2.37. The van der Waals surface area contributed by atoms with Gasteiger partial charge in [-0.3, -0.25) is 4.90 Å². The maximum absolute atomic E-state index is 9.95. The van der Waals surface area contributed by atoms with Gasteiger partial charge in [-0.2, -0.15) is 0 Å². The Morgan fingerprint density at radius 2 is 2.16 bits per heavy atom. The number of aliphatic hydroxyl groups excluding tert-OH is 1. The smallest absolute Gasteiger partial charge is 0.186 e. The van der Waals surface area contributed by atoms with E-state index < -0.39 is 8.32 Å². The van der Waals surface area contributed by atoms with E-state index in [1.165, 1.54) is 12.8 Å². The van der Waals surface area contributed by atoms with Crippen LogP contribution in [0.3, 0.4) is 0 Å². The second-order valence-electron chi connectivity index (χ2n) is 6.28. The first kappa shape index (κ1) is 17.1. The molecule has 0 aromatic rings. The number of likely N-dealkylation sites (tertiary alicyclic amines) is 1. The summed E-state index contributed by atoms with van der Waals surface area (Å²) >= 11 is 0. The largest absolute Gasteiger partial charge is 0.420 e. The van der Waals surface area contributed by atoms with E-state index in [4.69, 9.17) is 9.16 Å². The topological polar surface area (TPSA) is 41.9 Å². The van der Waals surface area contributed by atoms with Crippen molar-refractivity contribution in [2.24, 2.45) is 0 Å². The lowest BCUT2D eigenvalue weighted by Gasteiger charge is -2.24. The summed E-state index contributed by atoms with van der Waals surface area (Å²) in [5.74, 6) is 0. The highest BCUT2D eigenvalue weighted by Crippen LogP contribution is 2.16. The fraction of sp³-hybridized carbons (Fsp3) is 1.00. The zero-order valence-corrected chi connectivity index (χ0v) is 14.0. The van der Waals surface area contributed by atoms with Crippen LogP contribution < -0.4 is 0 Å². The molecule has 0 amide bonds. The van der Waals surface area contributed by atoms with Crippen molar-refractivity contribution in [1.82, 2.24) is 4.90 Å². The van der Waals surface area contributed by atoms with E-state index >= 15 is 0 Å². The number of β-amino-alcohol motifs (C(OH)–C–C–N with tert-alkyl or cyclic N) is 1. The highest BCUT2D eigenvalue weighted by molar-refractivity contribution is 6.71. The van der Waals surface area contributed by atoms with Gasteiger partial charge in [-0.25, -0.2) is 0 Å². The third kappa shape index (κ3) is 6.86. The van der Waals surface area contributed by atoms with E-state index in [1.54, 1.807) is 7.11 Å². The molecule has 5 heteroatoms. The van der Waals surface area contributed by atoms with Crippen LogP contribution in [0.1, 0.15) is 26.2 Å². The number of aliphatic hydroxyl groups is 1. The molecule has 0 spiro atoms. The Morgan fingerprint density at radius 1 is 1.42 bits per heavy atom. The normalized spacial score (nSPS) is 22.9. The van der Waals surface area contributed by atoms with Gasteiger partial charge in [0.1, 0.15) is 0 Å². The molecule has 4 nitrogen and oxygen atoms in total. The summed E-state index contributed by atoms with van der Waals surface area (Å²) in [6.45, 7) is 9.72. The maximum Gasteiger partial charge on any atom is 0.186 e. The molecule has 0 aromatic heterocycles. The fourth-order valence-corrected chi connectivity index (χ4v) is 3.71. The van der Waals surface area contributed by atoms with Crippen molar-refractivity contribution >= 4 is 8.32 Å². The van der Waals surface area contributed by atoms with Crippen LogP contribution in [0.25, 0.3) is 0 Å². The average Bonchev–Trinajstić information content (AvgIpc) is 2.74. The maximum atomic E-state index is 9.95. The summed E-state index contributed by atoms with van der Waals surface area (Å²) in [5.41, 5.74) is 0. The SMILES string of the molecule is CO[Si](C)(C)CCCOCC(O)CN1CCC[C@H]1C. The number of hydrogen-bond acceptors (Lipinski definition) is 4. The van der Waals surface area contributed by atoms with Gasteiger partial charge in [-0.1, -0.05) is 0 Å². The minimum atomic E-state index is -1.44. The van der Waals surface area contributed by atoms with Gasteiger partial charge in [0.25, 0.3) is 0 Å². The first-order valence-corrected chi connectivity index (χ1v) is 10.6. The molecule has 1 saturated heterocycles. The zero-order valence-electron chi connectivity index (χ0n) is 13.0. The number of ether oxygens (including phenoxy) is 1. The van der Waals surface area contributed by atoms with Crippen molar-refractivity contribution in [3.05, 3.63) is 0 Å². The molecule has 0 bridgehead atoms. The Bertz CT molecular complexity index is 251. The van der Waals surface area contributed by atoms with E-state index in [1.807, 2.05) is 0 Å². The molecule has 19 heavy (non-hydrogen) atoms. The Hall–Kier alpha value is 0.0569. The predicted octanol–water partition coefficient (Wildman–Crippen LogP) is 2.09. The van der Waals surface area contributed by atoms with Crippen molar-refractivity contribution in [1.29, 1.82) is 0 Å². The third-order valence-corrected chi connectivity index (χ3v) is 6.73. The summed E-state index contributed by atoms with van der Waals surface area (Å²) in [7, 11) is 0.356. The summed E-state index contributed by atoms with van der Waals surface area (Å²) in [4.78, 5) is 2.36. The third-order valence-electron chi connectivity index (χ3n) is 4.07. The minimum Gasteiger partial charge on any atom is -0.420 e. The second kappa shape index (κ2) is 8.37. The molecule has 0 aromatic carbocycles. The van der Waals surface area contributed by atoms with E-state index in [9.17, 15) is 5.11 Å². The van der Waals surface area contributed by atoms with Gasteiger partial charge in [0.2, 0.25) is 0 Å². The fourth-order valence-electron chi connectivity index (χ4n) is 2.51. The van der Waals surface area contributed by atoms with Gasteiger partial charge in [0, 0.05) is 26.3 Å². The second-order valence-corrected chi connectivity index (χ2v) is 10.7. The van der Waals surface area contributed by atoms with Gasteiger partial charge in [-0.15, -0.1) is 0 Å². The molecular formula is C14H31NO3Si. The van der Waals surface area contributed by atoms with Crippen molar-refractivity contribution in [3.8, 4) is 0 Å². The monoisotopic (exact) mass is 289 g/mol. The molecule has 1 fully saturated rings. The number of nitrogens with zero attached hydrogens (tertiary/aromatic N) is 1. The number of rotatable bonds is 9. The Morgan fingerprint density at radius 3 is 2.74 bits per heavy atom. The van der Waals surface area contributed by atoms with E-state index in [0.717, 1.165) is 32.2 Å². The van der Waals surface area contributed by atoms with Gasteiger partial charge >= 0.3 is 0 Å². The summed E-state index contributed by atoms with van der Waals surface area (Å²) in [6, 6.07) is 1.73. The molecule has 0 aliphatic carbocycles. The molecular weight excluding hydrogens is 258 g/mol. The molecule has 1 unspecified atom stereocenters. The summed E-state index contributed by atoms with van der Waals surface area (Å²) < 4.78 is 11.1. The van der Waals surface area contributed by atoms with Crippen LogP contribution in [0.2, 0.25) is 19.1 Å². The molecule has 0 saturated carbocycles. The van der Waals surface area contributed by atoms with E-state index in [2.05, 4.69) is 24.9 Å². The molecule has 1 rings (SSSR count). The first-order valence-electron chi connectivity index (χ1n) is 7.49. The van der Waals surface area contributed by atoms with Crippen molar-refractivity contribution in [3.63, 3.8) is 0 Å². The quantitative estimate of drug-likeness (QED) is 0.521. The molecule has 1 heterocycles. The average molecular weight is 289 g/mol. The van der Waals surface area contributed by atoms with Gasteiger partial charge in [0.15, 0.2) is 8.32 Å². The van der Waals surface area contributed by atoms with Gasteiger partial charge in [-0.05, 0) is 51.9 Å². The molecule has 2 atom stereocenters. The van der Waals surface area contributed by atoms with Crippen LogP contribution in [0.4, 0.5) is 0 Å². The standard InChI is InChI=1S/C14H31NO3Si/c1-13-7-5-8-15(13)11-14(16)12-18-9-6-10-19(3,4)17-2/h13-14,16H,5-12H2,1-4H3/t13-,14?/m1/s1. The first-order chi connectivity index (χ1) is 8.94. The summed E-state index contributed by atoms with van der Waals surface area (Å²) in [5, 5.41) is 9.95. The van der Waals surface area contributed by atoms with Crippen LogP contribution in [-0.4, -0.2) is 63.9 Å². The lowest BCUT2D eigenvalue weighted by molar-refractivity contribution is 0.0156. The highest BCUT2D eigenvalue weighted by atomic mass is 28.4. The molecule has 1 N–H and O–H groups in total. The van der Waals surface area contributed by atoms with Crippen LogP contribution in [-0.2, 0) is 9.16 Å². The van der Waals surface area contributed by atoms with Crippen molar-refractivity contribution in [2.75, 3.05) is 33.4 Å². The zero-order chi connectivity index (χ0) is 14.3. The Labute approximate surface area is 119 Å². The van der Waals surface area contributed by atoms with Crippen LogP contribution in [0, 0.1) is 0 Å². The molecule has 0 radical (unpaired) electrons. The van der Waals surface area contributed by atoms with Crippen molar-refractivity contribution < 1.29 is 14.3 Å². The van der Waals surface area contributed by atoms with Gasteiger partial charge < -0.3 is 14.3 Å². The Kier molecular flexibility index (Phi) is 7.53. The minimum absolute atomic E-state index is 0.353.